The third kappa shape index (κ3) is 6.08. The van der Waals surface area contributed by atoms with Gasteiger partial charge < -0.3 is 0 Å². The number of pyridine rings is 1. The third-order valence-electron chi connectivity index (χ3n) is 4.93. The van der Waals surface area contributed by atoms with Crippen molar-refractivity contribution in [3.63, 3.8) is 0 Å². The lowest BCUT2D eigenvalue weighted by Gasteiger charge is -2.11. The van der Waals surface area contributed by atoms with E-state index in [1.54, 1.807) is 18.3 Å². The molecule has 4 aromatic rings. The maximum absolute atomic E-state index is 12.6. The van der Waals surface area contributed by atoms with E-state index in [1.165, 1.54) is 6.20 Å². The fourth-order valence-corrected chi connectivity index (χ4v) is 4.32. The maximum Gasteiger partial charge on any atom is 0.194 e. The largest absolute Gasteiger partial charge is 0.289 e. The first kappa shape index (κ1) is 23.2. The first-order valence-electron chi connectivity index (χ1n) is 10.1. The molecule has 1 heterocycles. The van der Waals surface area contributed by atoms with Crippen molar-refractivity contribution in [1.82, 2.24) is 4.98 Å². The van der Waals surface area contributed by atoms with Gasteiger partial charge in [0.1, 0.15) is 5.15 Å². The zero-order valence-corrected chi connectivity index (χ0v) is 20.4. The highest BCUT2D eigenvalue weighted by Crippen LogP contribution is 2.31. The molecule has 33 heavy (non-hydrogen) atoms. The number of anilines is 1. The van der Waals surface area contributed by atoms with Crippen LogP contribution in [0, 0.1) is 0 Å². The minimum absolute atomic E-state index is 0.101. The van der Waals surface area contributed by atoms with Gasteiger partial charge >= 0.3 is 0 Å². The van der Waals surface area contributed by atoms with E-state index in [1.807, 2.05) is 66.7 Å². The van der Waals surface area contributed by atoms with Crippen LogP contribution in [0.5, 0.6) is 0 Å². The van der Waals surface area contributed by atoms with Crippen LogP contribution in [0.3, 0.4) is 0 Å². The molecule has 164 valence electrons. The number of nitrogens with zero attached hydrogens (tertiary/aromatic N) is 2. The Morgan fingerprint density at radius 2 is 1.70 bits per heavy atom. The van der Waals surface area contributed by atoms with Crippen LogP contribution in [0.4, 0.5) is 5.69 Å². The molecule has 7 heteroatoms. The van der Waals surface area contributed by atoms with Crippen LogP contribution in [0.1, 0.15) is 32.6 Å². The lowest BCUT2D eigenvalue weighted by atomic mass is 10.00. The van der Waals surface area contributed by atoms with Crippen molar-refractivity contribution in [3.8, 4) is 0 Å². The molecule has 0 aliphatic heterocycles. The summed E-state index contributed by atoms with van der Waals surface area (Å²) in [5, 5.41) is 5.24. The minimum Gasteiger partial charge on any atom is -0.289 e. The highest BCUT2D eigenvalue weighted by molar-refractivity contribution is 9.10. The van der Waals surface area contributed by atoms with Crippen LogP contribution in [-0.2, 0) is 6.42 Å². The first-order chi connectivity index (χ1) is 16.0. The van der Waals surface area contributed by atoms with Gasteiger partial charge in [0.05, 0.1) is 11.9 Å². The van der Waals surface area contributed by atoms with Crippen molar-refractivity contribution in [2.24, 2.45) is 5.10 Å². The first-order valence-corrected chi connectivity index (χ1v) is 11.6. The molecular formula is C26H18BrCl2N3O. The highest BCUT2D eigenvalue weighted by atomic mass is 79.9. The van der Waals surface area contributed by atoms with Crippen LogP contribution >= 0.6 is 39.1 Å². The molecule has 0 radical (unpaired) electrons. The van der Waals surface area contributed by atoms with E-state index >= 15 is 0 Å². The molecule has 0 saturated heterocycles. The number of carbonyl (C=O) groups is 1. The summed E-state index contributed by atoms with van der Waals surface area (Å²) in [4.78, 5) is 16.6. The van der Waals surface area contributed by atoms with Gasteiger partial charge in [0.25, 0.3) is 0 Å². The van der Waals surface area contributed by atoms with E-state index in [4.69, 9.17) is 23.2 Å². The Hall–Kier alpha value is -2.99. The summed E-state index contributed by atoms with van der Waals surface area (Å²) < 4.78 is 0.875. The second-order valence-corrected chi connectivity index (χ2v) is 8.92. The second kappa shape index (κ2) is 10.8. The maximum atomic E-state index is 12.6. The average Bonchev–Trinajstić information content (AvgIpc) is 2.83. The molecule has 0 bridgehead atoms. The summed E-state index contributed by atoms with van der Waals surface area (Å²) in [6.07, 6.45) is 3.84. The topological polar surface area (TPSA) is 54.4 Å². The summed E-state index contributed by atoms with van der Waals surface area (Å²) in [5.41, 5.74) is 7.86. The van der Waals surface area contributed by atoms with Gasteiger partial charge in [0, 0.05) is 33.2 Å². The number of aromatic nitrogens is 1. The molecule has 1 aromatic heterocycles. The van der Waals surface area contributed by atoms with Crippen molar-refractivity contribution in [2.45, 2.75) is 6.42 Å². The highest BCUT2D eigenvalue weighted by Gasteiger charge is 2.12. The Kier molecular flexibility index (Phi) is 7.55. The zero-order chi connectivity index (χ0) is 23.2. The number of hydrogen-bond acceptors (Lipinski definition) is 4. The molecule has 0 amide bonds. The van der Waals surface area contributed by atoms with Gasteiger partial charge in [-0.2, -0.15) is 5.10 Å². The van der Waals surface area contributed by atoms with E-state index in [2.05, 4.69) is 31.4 Å². The standard InChI is InChI=1S/C26H18BrCl2N3O/c27-23-13-21(32-31-15-18-4-2-1-3-5-18)14-24(28)22(23)12-17-6-8-19(9-7-17)26(33)20-10-11-25(29)30-16-20/h1-11,13-16,32H,12H2. The van der Waals surface area contributed by atoms with Crippen molar-refractivity contribution in [3.05, 3.63) is 128 Å². The lowest BCUT2D eigenvalue weighted by molar-refractivity contribution is 0.103. The number of hydrazone groups is 1. The minimum atomic E-state index is -0.101. The number of halogens is 3. The van der Waals surface area contributed by atoms with Crippen LogP contribution in [-0.4, -0.2) is 17.0 Å². The summed E-state index contributed by atoms with van der Waals surface area (Å²) in [5.74, 6) is -0.101. The van der Waals surface area contributed by atoms with Gasteiger partial charge in [0.2, 0.25) is 0 Å². The van der Waals surface area contributed by atoms with E-state index in [0.29, 0.717) is 27.7 Å². The summed E-state index contributed by atoms with van der Waals surface area (Å²) >= 11 is 16.0. The van der Waals surface area contributed by atoms with Crippen molar-refractivity contribution in [1.29, 1.82) is 0 Å². The summed E-state index contributed by atoms with van der Waals surface area (Å²) in [6, 6.07) is 24.4. The molecule has 4 rings (SSSR count). The quantitative estimate of drug-likeness (QED) is 0.115. The average molecular weight is 539 g/mol. The fourth-order valence-electron chi connectivity index (χ4n) is 3.21. The van der Waals surface area contributed by atoms with Crippen LogP contribution in [0.15, 0.2) is 94.6 Å². The number of benzene rings is 3. The van der Waals surface area contributed by atoms with Gasteiger partial charge in [0.15, 0.2) is 5.78 Å². The summed E-state index contributed by atoms with van der Waals surface area (Å²) in [7, 11) is 0. The molecule has 0 aliphatic carbocycles. The zero-order valence-electron chi connectivity index (χ0n) is 17.3. The SMILES string of the molecule is O=C(c1ccc(Cc2c(Cl)cc(NN=Cc3ccccc3)cc2Br)cc1)c1ccc(Cl)nc1. The Bertz CT molecular complexity index is 1270. The number of nitrogens with one attached hydrogen (secondary N) is 1. The van der Waals surface area contributed by atoms with Gasteiger partial charge in [-0.15, -0.1) is 0 Å². The molecule has 4 nitrogen and oxygen atoms in total. The van der Waals surface area contributed by atoms with Gasteiger partial charge in [-0.3, -0.25) is 10.2 Å². The molecule has 3 aromatic carbocycles. The van der Waals surface area contributed by atoms with Crippen molar-refractivity contribution < 1.29 is 4.79 Å². The van der Waals surface area contributed by atoms with E-state index in [0.717, 1.165) is 26.9 Å². The number of hydrogen-bond donors (Lipinski definition) is 1. The fraction of sp³-hybridized carbons (Fsp3) is 0.0385. The molecule has 0 aliphatic rings. The Balaban J connectivity index is 1.44. The van der Waals surface area contributed by atoms with Crippen LogP contribution in [0.25, 0.3) is 0 Å². The normalized spacial score (nSPS) is 11.0. The molecule has 0 unspecified atom stereocenters. The Morgan fingerprint density at radius 1 is 0.970 bits per heavy atom. The van der Waals surface area contributed by atoms with Crippen molar-refractivity contribution >= 4 is 56.8 Å². The smallest absolute Gasteiger partial charge is 0.194 e. The van der Waals surface area contributed by atoms with E-state index < -0.39 is 0 Å². The second-order valence-electron chi connectivity index (χ2n) is 7.27. The Morgan fingerprint density at radius 3 is 2.36 bits per heavy atom. The van der Waals surface area contributed by atoms with Gasteiger partial charge in [-0.1, -0.05) is 93.7 Å². The van der Waals surface area contributed by atoms with E-state index in [-0.39, 0.29) is 5.78 Å². The molecular weight excluding hydrogens is 521 g/mol. The van der Waals surface area contributed by atoms with E-state index in [9.17, 15) is 4.79 Å². The molecule has 0 atom stereocenters. The number of ketones is 1. The lowest BCUT2D eigenvalue weighted by Crippen LogP contribution is -2.02. The predicted molar refractivity (Wildman–Crippen MR) is 139 cm³/mol. The third-order valence-corrected chi connectivity index (χ3v) is 6.20. The predicted octanol–water partition coefficient (Wildman–Crippen LogP) is 7.42. The van der Waals surface area contributed by atoms with Crippen LogP contribution < -0.4 is 5.43 Å². The monoisotopic (exact) mass is 537 g/mol. The molecule has 0 fully saturated rings. The number of rotatable bonds is 7. The molecule has 0 saturated carbocycles. The Labute approximate surface area is 210 Å². The molecule has 1 N–H and O–H groups in total. The van der Waals surface area contributed by atoms with Crippen molar-refractivity contribution in [2.75, 3.05) is 5.43 Å². The van der Waals surface area contributed by atoms with Gasteiger partial charge in [-0.25, -0.2) is 4.98 Å². The van der Waals surface area contributed by atoms with Crippen LogP contribution in [0.2, 0.25) is 10.2 Å². The number of carbonyl (C=O) groups excluding carboxylic acids is 1. The van der Waals surface area contributed by atoms with Gasteiger partial charge in [-0.05, 0) is 41.0 Å². The summed E-state index contributed by atoms with van der Waals surface area (Å²) in [6.45, 7) is 0. The molecule has 0 spiro atoms.